The molecule has 16 heavy (non-hydrogen) atoms. The number of aliphatic hydroxyl groups is 1. The molecule has 0 radical (unpaired) electrons. The molecular formula is C13H26N2O. The van der Waals surface area contributed by atoms with Gasteiger partial charge in [-0.1, -0.05) is 12.8 Å². The highest BCUT2D eigenvalue weighted by molar-refractivity contribution is 4.91. The van der Waals surface area contributed by atoms with Gasteiger partial charge in [-0.2, -0.15) is 0 Å². The van der Waals surface area contributed by atoms with Crippen molar-refractivity contribution in [3.05, 3.63) is 0 Å². The van der Waals surface area contributed by atoms with Gasteiger partial charge in [-0.05, 0) is 45.6 Å². The fourth-order valence-corrected chi connectivity index (χ4v) is 3.36. The minimum absolute atomic E-state index is 0.423. The van der Waals surface area contributed by atoms with Crippen molar-refractivity contribution in [2.24, 2.45) is 5.73 Å². The molecule has 0 aromatic rings. The van der Waals surface area contributed by atoms with Crippen LogP contribution < -0.4 is 5.73 Å². The summed E-state index contributed by atoms with van der Waals surface area (Å²) in [7, 11) is 2.27. The summed E-state index contributed by atoms with van der Waals surface area (Å²) in [6, 6.07) is 1.48. The second-order valence-corrected chi connectivity index (χ2v) is 5.76. The molecule has 0 aromatic carbocycles. The third kappa shape index (κ3) is 2.58. The molecule has 0 aromatic heterocycles. The Hall–Kier alpha value is -0.120. The van der Waals surface area contributed by atoms with Gasteiger partial charge >= 0.3 is 0 Å². The Balaban J connectivity index is 1.83. The number of hydrogen-bond acceptors (Lipinski definition) is 3. The first-order chi connectivity index (χ1) is 7.64. The van der Waals surface area contributed by atoms with Gasteiger partial charge in [0.15, 0.2) is 0 Å². The number of nitrogens with zero attached hydrogens (tertiary/aromatic N) is 1. The maximum atomic E-state index is 10.1. The molecule has 0 heterocycles. The van der Waals surface area contributed by atoms with E-state index in [1.807, 2.05) is 0 Å². The van der Waals surface area contributed by atoms with Crippen molar-refractivity contribution in [1.82, 2.24) is 4.90 Å². The van der Waals surface area contributed by atoms with Crippen LogP contribution in [0, 0.1) is 0 Å². The average molecular weight is 226 g/mol. The van der Waals surface area contributed by atoms with Crippen molar-refractivity contribution in [3.63, 3.8) is 0 Å². The predicted molar refractivity (Wildman–Crippen MR) is 66.3 cm³/mol. The summed E-state index contributed by atoms with van der Waals surface area (Å²) in [4.78, 5) is 2.57. The molecule has 0 unspecified atom stereocenters. The lowest BCUT2D eigenvalue weighted by atomic mass is 9.81. The Morgan fingerprint density at radius 1 is 1.12 bits per heavy atom. The molecule has 0 bridgehead atoms. The first kappa shape index (κ1) is 12.3. The standard InChI is InChI=1S/C13H26N2O/c1-15(11-4-2-3-5-11)12-6-8-13(16,10-14)9-7-12/h11-12,16H,2-10,14H2,1H3. The summed E-state index contributed by atoms with van der Waals surface area (Å²) in [5.41, 5.74) is 5.06. The highest BCUT2D eigenvalue weighted by Gasteiger charge is 2.35. The molecule has 3 heteroatoms. The van der Waals surface area contributed by atoms with Crippen LogP contribution in [-0.4, -0.2) is 41.3 Å². The lowest BCUT2D eigenvalue weighted by Crippen LogP contribution is -2.48. The van der Waals surface area contributed by atoms with Crippen LogP contribution in [0.2, 0.25) is 0 Å². The molecular weight excluding hydrogens is 200 g/mol. The molecule has 3 N–H and O–H groups in total. The molecule has 0 spiro atoms. The van der Waals surface area contributed by atoms with Gasteiger partial charge in [-0.25, -0.2) is 0 Å². The largest absolute Gasteiger partial charge is 0.389 e. The lowest BCUT2D eigenvalue weighted by Gasteiger charge is -2.41. The van der Waals surface area contributed by atoms with Crippen LogP contribution in [0.5, 0.6) is 0 Å². The topological polar surface area (TPSA) is 49.5 Å². The highest BCUT2D eigenvalue weighted by Crippen LogP contribution is 2.33. The van der Waals surface area contributed by atoms with Gasteiger partial charge in [0.1, 0.15) is 0 Å². The van der Waals surface area contributed by atoms with Crippen molar-refractivity contribution in [2.75, 3.05) is 13.6 Å². The average Bonchev–Trinajstić information content (AvgIpc) is 2.83. The SMILES string of the molecule is CN(C1CCCC1)C1CCC(O)(CN)CC1. The Labute approximate surface area is 99.0 Å². The van der Waals surface area contributed by atoms with Crippen LogP contribution >= 0.6 is 0 Å². The van der Waals surface area contributed by atoms with Gasteiger partial charge in [-0.3, -0.25) is 0 Å². The highest BCUT2D eigenvalue weighted by atomic mass is 16.3. The molecule has 3 nitrogen and oxygen atoms in total. The van der Waals surface area contributed by atoms with Gasteiger partial charge < -0.3 is 15.7 Å². The molecule has 2 aliphatic carbocycles. The van der Waals surface area contributed by atoms with E-state index in [9.17, 15) is 5.11 Å². The second-order valence-electron chi connectivity index (χ2n) is 5.76. The molecule has 2 saturated carbocycles. The summed E-state index contributed by atoms with van der Waals surface area (Å²) in [5.74, 6) is 0. The Morgan fingerprint density at radius 3 is 2.12 bits per heavy atom. The van der Waals surface area contributed by atoms with Gasteiger partial charge in [0, 0.05) is 18.6 Å². The van der Waals surface area contributed by atoms with Crippen LogP contribution in [0.4, 0.5) is 0 Å². The van der Waals surface area contributed by atoms with E-state index in [1.165, 1.54) is 25.7 Å². The molecule has 94 valence electrons. The molecule has 0 amide bonds. The third-order valence-corrected chi connectivity index (χ3v) is 4.74. The van der Waals surface area contributed by atoms with Crippen molar-refractivity contribution < 1.29 is 5.11 Å². The number of hydrogen-bond donors (Lipinski definition) is 2. The van der Waals surface area contributed by atoms with E-state index in [0.717, 1.165) is 31.7 Å². The van der Waals surface area contributed by atoms with Crippen LogP contribution in [0.15, 0.2) is 0 Å². The fraction of sp³-hybridized carbons (Fsp3) is 1.00. The summed E-state index contributed by atoms with van der Waals surface area (Å²) < 4.78 is 0. The normalized spacial score (nSPS) is 37.1. The zero-order chi connectivity index (χ0) is 11.6. The monoisotopic (exact) mass is 226 g/mol. The summed E-state index contributed by atoms with van der Waals surface area (Å²) >= 11 is 0. The van der Waals surface area contributed by atoms with Crippen LogP contribution in [0.3, 0.4) is 0 Å². The summed E-state index contributed by atoms with van der Waals surface area (Å²) in [6.45, 7) is 0.423. The number of rotatable bonds is 3. The second kappa shape index (κ2) is 5.03. The van der Waals surface area contributed by atoms with Gasteiger partial charge in [-0.15, -0.1) is 0 Å². The van der Waals surface area contributed by atoms with Crippen molar-refractivity contribution in [1.29, 1.82) is 0 Å². The molecule has 2 fully saturated rings. The lowest BCUT2D eigenvalue weighted by molar-refractivity contribution is -0.0149. The Bertz CT molecular complexity index is 218. The summed E-state index contributed by atoms with van der Waals surface area (Å²) in [6.07, 6.45) is 9.52. The molecule has 2 aliphatic rings. The quantitative estimate of drug-likeness (QED) is 0.766. The molecule has 0 aliphatic heterocycles. The van der Waals surface area contributed by atoms with Gasteiger partial charge in [0.25, 0.3) is 0 Å². The van der Waals surface area contributed by atoms with Crippen molar-refractivity contribution >= 4 is 0 Å². The van der Waals surface area contributed by atoms with E-state index >= 15 is 0 Å². The maximum absolute atomic E-state index is 10.1. The minimum Gasteiger partial charge on any atom is -0.389 e. The predicted octanol–water partition coefficient (Wildman–Crippen LogP) is 1.49. The zero-order valence-corrected chi connectivity index (χ0v) is 10.5. The zero-order valence-electron chi connectivity index (χ0n) is 10.5. The van der Waals surface area contributed by atoms with E-state index < -0.39 is 5.60 Å². The van der Waals surface area contributed by atoms with Crippen LogP contribution in [-0.2, 0) is 0 Å². The molecule has 2 rings (SSSR count). The van der Waals surface area contributed by atoms with E-state index in [4.69, 9.17) is 5.73 Å². The first-order valence-electron chi connectivity index (χ1n) is 6.79. The number of nitrogens with two attached hydrogens (primary N) is 1. The Morgan fingerprint density at radius 2 is 1.62 bits per heavy atom. The minimum atomic E-state index is -0.562. The molecule has 0 saturated heterocycles. The smallest absolute Gasteiger partial charge is 0.0770 e. The van der Waals surface area contributed by atoms with E-state index in [1.54, 1.807) is 0 Å². The van der Waals surface area contributed by atoms with E-state index in [-0.39, 0.29) is 0 Å². The van der Waals surface area contributed by atoms with Crippen LogP contribution in [0.1, 0.15) is 51.4 Å². The fourth-order valence-electron chi connectivity index (χ4n) is 3.36. The van der Waals surface area contributed by atoms with Crippen LogP contribution in [0.25, 0.3) is 0 Å². The van der Waals surface area contributed by atoms with Crippen molar-refractivity contribution in [2.45, 2.75) is 69.1 Å². The van der Waals surface area contributed by atoms with E-state index in [0.29, 0.717) is 12.6 Å². The molecule has 0 atom stereocenters. The first-order valence-corrected chi connectivity index (χ1v) is 6.79. The summed E-state index contributed by atoms with van der Waals surface area (Å²) in [5, 5.41) is 10.1. The third-order valence-electron chi connectivity index (χ3n) is 4.74. The van der Waals surface area contributed by atoms with Crippen molar-refractivity contribution in [3.8, 4) is 0 Å². The van der Waals surface area contributed by atoms with E-state index in [2.05, 4.69) is 11.9 Å². The maximum Gasteiger partial charge on any atom is 0.0770 e. The van der Waals surface area contributed by atoms with Gasteiger partial charge in [0.2, 0.25) is 0 Å². The Kier molecular flexibility index (Phi) is 3.88. The van der Waals surface area contributed by atoms with Gasteiger partial charge in [0.05, 0.1) is 5.60 Å².